The van der Waals surface area contributed by atoms with Crippen LogP contribution in [0.2, 0.25) is 0 Å². The van der Waals surface area contributed by atoms with Crippen LogP contribution in [-0.2, 0) is 9.53 Å². The molecule has 2 saturated carbocycles. The summed E-state index contributed by atoms with van der Waals surface area (Å²) in [4.78, 5) is 11.8. The zero-order chi connectivity index (χ0) is 14.3. The monoisotopic (exact) mass is 268 g/mol. The van der Waals surface area contributed by atoms with Crippen LogP contribution in [0.5, 0.6) is 0 Å². The van der Waals surface area contributed by atoms with Gasteiger partial charge in [0, 0.05) is 11.8 Å². The first kappa shape index (κ1) is 13.4. The molecule has 0 aromatic heterocycles. The van der Waals surface area contributed by atoms with Gasteiger partial charge in [0.25, 0.3) is 0 Å². The first-order valence-corrected chi connectivity index (χ1v) is 7.21. The van der Waals surface area contributed by atoms with Crippen LogP contribution in [0.4, 0.5) is 0 Å². The van der Waals surface area contributed by atoms with E-state index in [9.17, 15) is 15.0 Å². The van der Waals surface area contributed by atoms with Crippen molar-refractivity contribution in [1.29, 1.82) is 0 Å². The maximum atomic E-state index is 11.8. The van der Waals surface area contributed by atoms with Crippen LogP contribution < -0.4 is 0 Å². The molecule has 19 heavy (non-hydrogen) atoms. The normalized spacial score (nSPS) is 55.0. The molecular weight excluding hydrogens is 244 g/mol. The lowest BCUT2D eigenvalue weighted by Gasteiger charge is -2.57. The molecule has 3 aliphatic rings. The smallest absolute Gasteiger partial charge is 0.310 e. The van der Waals surface area contributed by atoms with Crippen molar-refractivity contribution in [2.75, 3.05) is 0 Å². The minimum atomic E-state index is -1.18. The van der Waals surface area contributed by atoms with E-state index >= 15 is 0 Å². The maximum Gasteiger partial charge on any atom is 0.310 e. The summed E-state index contributed by atoms with van der Waals surface area (Å²) in [5, 5.41) is 20.3. The van der Waals surface area contributed by atoms with Gasteiger partial charge in [-0.05, 0) is 25.2 Å². The minimum Gasteiger partial charge on any atom is -0.481 e. The van der Waals surface area contributed by atoms with E-state index in [1.54, 1.807) is 6.92 Å². The fourth-order valence-corrected chi connectivity index (χ4v) is 5.59. The van der Waals surface area contributed by atoms with E-state index in [0.717, 1.165) is 19.3 Å². The van der Waals surface area contributed by atoms with Crippen LogP contribution in [0.1, 0.15) is 53.4 Å². The SMILES string of the molecule is CC1(C)CCC[C@@]2(C)[C@H](C(=O)O)[C@@](C)(O)C[C@H]3O[C@@]312. The summed E-state index contributed by atoms with van der Waals surface area (Å²) in [6.07, 6.45) is 3.33. The summed E-state index contributed by atoms with van der Waals surface area (Å²) in [5.41, 5.74) is -2.04. The number of rotatable bonds is 1. The van der Waals surface area contributed by atoms with Crippen molar-refractivity contribution < 1.29 is 19.7 Å². The topological polar surface area (TPSA) is 70.1 Å². The second-order valence-corrected chi connectivity index (χ2v) is 7.83. The van der Waals surface area contributed by atoms with Gasteiger partial charge in [-0.3, -0.25) is 4.79 Å². The van der Waals surface area contributed by atoms with Crippen LogP contribution in [0, 0.1) is 16.7 Å². The van der Waals surface area contributed by atoms with E-state index < -0.39 is 22.9 Å². The Morgan fingerprint density at radius 3 is 2.42 bits per heavy atom. The summed E-state index contributed by atoms with van der Waals surface area (Å²) in [6.45, 7) is 8.04. The average molecular weight is 268 g/mol. The van der Waals surface area contributed by atoms with E-state index in [1.807, 2.05) is 6.92 Å². The van der Waals surface area contributed by atoms with E-state index in [-0.39, 0.29) is 17.1 Å². The molecule has 0 radical (unpaired) electrons. The third-order valence-electron chi connectivity index (χ3n) is 6.18. The van der Waals surface area contributed by atoms with E-state index in [1.165, 1.54) is 0 Å². The molecule has 2 N–H and O–H groups in total. The minimum absolute atomic E-state index is 0.0124. The predicted molar refractivity (Wildman–Crippen MR) is 69.7 cm³/mol. The molecule has 4 heteroatoms. The van der Waals surface area contributed by atoms with Gasteiger partial charge in [0.15, 0.2) is 0 Å². The van der Waals surface area contributed by atoms with Crippen LogP contribution >= 0.6 is 0 Å². The number of epoxide rings is 1. The first-order valence-electron chi connectivity index (χ1n) is 7.21. The fourth-order valence-electron chi connectivity index (χ4n) is 5.59. The molecule has 1 aliphatic heterocycles. The summed E-state index contributed by atoms with van der Waals surface area (Å²) in [6, 6.07) is 0. The zero-order valence-electron chi connectivity index (χ0n) is 12.2. The Bertz CT molecular complexity index is 441. The van der Waals surface area contributed by atoms with Crippen LogP contribution in [0.3, 0.4) is 0 Å². The molecule has 1 heterocycles. The number of hydrogen-bond donors (Lipinski definition) is 2. The van der Waals surface area contributed by atoms with Crippen LogP contribution in [-0.4, -0.2) is 33.5 Å². The summed E-state index contributed by atoms with van der Waals surface area (Å²) >= 11 is 0. The summed E-state index contributed by atoms with van der Waals surface area (Å²) in [5.74, 6) is -1.64. The first-order chi connectivity index (χ1) is 8.58. The molecule has 0 unspecified atom stereocenters. The highest BCUT2D eigenvalue weighted by Crippen LogP contribution is 2.73. The van der Waals surface area contributed by atoms with Gasteiger partial charge in [0.2, 0.25) is 0 Å². The third-order valence-corrected chi connectivity index (χ3v) is 6.18. The number of aliphatic hydroxyl groups is 1. The number of aliphatic carboxylic acids is 1. The Balaban J connectivity index is 2.14. The van der Waals surface area contributed by atoms with E-state index in [2.05, 4.69) is 13.8 Å². The van der Waals surface area contributed by atoms with Crippen LogP contribution in [0.15, 0.2) is 0 Å². The van der Waals surface area contributed by atoms with Gasteiger partial charge in [-0.15, -0.1) is 0 Å². The van der Waals surface area contributed by atoms with Gasteiger partial charge < -0.3 is 14.9 Å². The lowest BCUT2D eigenvalue weighted by Crippen LogP contribution is -2.65. The van der Waals surface area contributed by atoms with Gasteiger partial charge in [-0.25, -0.2) is 0 Å². The molecular formula is C15H24O4. The molecule has 3 rings (SSSR count). The lowest BCUT2D eigenvalue weighted by molar-refractivity contribution is -0.184. The summed E-state index contributed by atoms with van der Waals surface area (Å²) in [7, 11) is 0. The molecule has 5 atom stereocenters. The van der Waals surface area contributed by atoms with Crippen molar-refractivity contribution in [3.63, 3.8) is 0 Å². The molecule has 3 fully saturated rings. The molecule has 108 valence electrons. The maximum absolute atomic E-state index is 11.8. The largest absolute Gasteiger partial charge is 0.481 e. The zero-order valence-corrected chi connectivity index (χ0v) is 12.2. The Morgan fingerprint density at radius 1 is 1.21 bits per heavy atom. The number of hydrogen-bond acceptors (Lipinski definition) is 3. The second-order valence-electron chi connectivity index (χ2n) is 7.83. The Morgan fingerprint density at radius 2 is 1.84 bits per heavy atom. The molecule has 0 aromatic rings. The number of carboxylic acids is 1. The Labute approximate surface area is 114 Å². The average Bonchev–Trinajstić information content (AvgIpc) is 2.88. The molecule has 1 saturated heterocycles. The third kappa shape index (κ3) is 1.34. The Kier molecular flexibility index (Phi) is 2.35. The standard InChI is InChI=1S/C15H24O4/c1-12(2)6-5-7-13(3)10(11(16)17)14(4,18)8-9-15(12,13)19-9/h9-10,18H,5-8H2,1-4H3,(H,16,17)/t9-,10+,13+,14+,15+/m1/s1. The van der Waals surface area contributed by atoms with Crippen molar-refractivity contribution in [2.45, 2.75) is 70.7 Å². The molecule has 1 spiro atoms. The summed E-state index contributed by atoms with van der Waals surface area (Å²) < 4.78 is 6.08. The van der Waals surface area contributed by atoms with Crippen molar-refractivity contribution in [2.24, 2.45) is 16.7 Å². The number of ether oxygens (including phenoxy) is 1. The van der Waals surface area contributed by atoms with Gasteiger partial charge in [0.05, 0.1) is 17.6 Å². The predicted octanol–water partition coefficient (Wildman–Crippen LogP) is 2.20. The van der Waals surface area contributed by atoms with Crippen molar-refractivity contribution in [3.05, 3.63) is 0 Å². The van der Waals surface area contributed by atoms with Crippen molar-refractivity contribution in [3.8, 4) is 0 Å². The number of carbonyl (C=O) groups is 1. The molecule has 0 amide bonds. The van der Waals surface area contributed by atoms with Gasteiger partial charge in [-0.2, -0.15) is 0 Å². The quantitative estimate of drug-likeness (QED) is 0.715. The Hall–Kier alpha value is -0.610. The highest BCUT2D eigenvalue weighted by atomic mass is 16.6. The van der Waals surface area contributed by atoms with Gasteiger partial charge >= 0.3 is 5.97 Å². The second kappa shape index (κ2) is 3.34. The molecule has 4 nitrogen and oxygen atoms in total. The van der Waals surface area contributed by atoms with Crippen LogP contribution in [0.25, 0.3) is 0 Å². The highest BCUT2D eigenvalue weighted by Gasteiger charge is 2.81. The fraction of sp³-hybridized carbons (Fsp3) is 0.933. The highest BCUT2D eigenvalue weighted by molar-refractivity contribution is 5.74. The van der Waals surface area contributed by atoms with Crippen molar-refractivity contribution in [1.82, 2.24) is 0 Å². The lowest BCUT2D eigenvalue weighted by atomic mass is 9.45. The number of carboxylic acid groups (broad SMARTS) is 1. The molecule has 0 aromatic carbocycles. The van der Waals surface area contributed by atoms with Gasteiger partial charge in [0.1, 0.15) is 5.60 Å². The van der Waals surface area contributed by atoms with E-state index in [0.29, 0.717) is 6.42 Å². The van der Waals surface area contributed by atoms with E-state index in [4.69, 9.17) is 4.74 Å². The van der Waals surface area contributed by atoms with Gasteiger partial charge in [-0.1, -0.05) is 27.2 Å². The van der Waals surface area contributed by atoms with Crippen molar-refractivity contribution >= 4 is 5.97 Å². The molecule has 0 bridgehead atoms. The molecule has 2 aliphatic carbocycles.